The minimum Gasteiger partial charge on any atom is -0.481 e. The van der Waals surface area contributed by atoms with Crippen LogP contribution in [0.4, 0.5) is 0 Å². The maximum atomic E-state index is 11.9. The van der Waals surface area contributed by atoms with Crippen LogP contribution in [0.3, 0.4) is 0 Å². The molecule has 0 bridgehead atoms. The van der Waals surface area contributed by atoms with Gasteiger partial charge in [0.25, 0.3) is 0 Å². The van der Waals surface area contributed by atoms with Gasteiger partial charge in [-0.25, -0.2) is 9.59 Å². The fraction of sp³-hybridized carbons (Fsp3) is 0.692. The maximum absolute atomic E-state index is 11.9. The van der Waals surface area contributed by atoms with E-state index in [0.717, 1.165) is 64.2 Å². The molecule has 0 aromatic carbocycles. The number of ether oxygens (including phenoxy) is 2. The molecule has 0 spiro atoms. The molecule has 0 amide bonds. The van der Waals surface area contributed by atoms with Crippen molar-refractivity contribution in [1.82, 2.24) is 0 Å². The van der Waals surface area contributed by atoms with Gasteiger partial charge in [0.1, 0.15) is 0 Å². The minimum atomic E-state index is -0.779. The number of aliphatic carboxylic acids is 2. The normalized spacial score (nSPS) is 11.8. The topological polar surface area (TPSA) is 127 Å². The molecule has 2 N–H and O–H groups in total. The zero-order valence-corrected chi connectivity index (χ0v) is 20.8. The lowest BCUT2D eigenvalue weighted by atomic mass is 10.1. The molecule has 194 valence electrons. The fourth-order valence-electron chi connectivity index (χ4n) is 3.11. The number of allylic oxidation sites excluding steroid dienone is 2. The summed E-state index contributed by atoms with van der Waals surface area (Å²) < 4.78 is 10.5. The minimum absolute atomic E-state index is 0.183. The molecule has 0 aromatic rings. The van der Waals surface area contributed by atoms with E-state index in [1.807, 2.05) is 12.2 Å². The van der Waals surface area contributed by atoms with Gasteiger partial charge in [0.05, 0.1) is 13.2 Å². The number of rotatable bonds is 21. The van der Waals surface area contributed by atoms with E-state index in [2.05, 4.69) is 0 Å². The van der Waals surface area contributed by atoms with Crippen LogP contribution in [0.15, 0.2) is 23.3 Å². The smallest absolute Gasteiger partial charge is 0.333 e. The van der Waals surface area contributed by atoms with E-state index in [-0.39, 0.29) is 24.8 Å². The predicted octanol–water partition coefficient (Wildman–Crippen LogP) is 5.60. The third-order valence-corrected chi connectivity index (χ3v) is 5.24. The lowest BCUT2D eigenvalue weighted by Crippen LogP contribution is -2.08. The molecule has 0 aliphatic heterocycles. The summed E-state index contributed by atoms with van der Waals surface area (Å²) in [5.74, 6) is -2.19. The van der Waals surface area contributed by atoms with Crippen molar-refractivity contribution in [2.75, 3.05) is 13.2 Å². The first-order chi connectivity index (χ1) is 16.2. The molecule has 8 nitrogen and oxygen atoms in total. The summed E-state index contributed by atoms with van der Waals surface area (Å²) in [4.78, 5) is 44.7. The molecule has 0 radical (unpaired) electrons. The molecule has 0 fully saturated rings. The van der Waals surface area contributed by atoms with Crippen LogP contribution in [0.2, 0.25) is 0 Å². The summed E-state index contributed by atoms with van der Waals surface area (Å²) in [5.41, 5.74) is 1.16. The average molecular weight is 483 g/mol. The Morgan fingerprint density at radius 1 is 0.559 bits per heavy atom. The van der Waals surface area contributed by atoms with Crippen LogP contribution in [0.25, 0.3) is 0 Å². The number of esters is 2. The van der Waals surface area contributed by atoms with Crippen LogP contribution >= 0.6 is 0 Å². The van der Waals surface area contributed by atoms with Gasteiger partial charge in [-0.2, -0.15) is 0 Å². The zero-order valence-electron chi connectivity index (χ0n) is 20.8. The number of hydrogen-bond acceptors (Lipinski definition) is 6. The zero-order chi connectivity index (χ0) is 25.6. The lowest BCUT2D eigenvalue weighted by Gasteiger charge is -2.07. The van der Waals surface area contributed by atoms with Crippen molar-refractivity contribution in [3.05, 3.63) is 23.3 Å². The average Bonchev–Trinajstić information content (AvgIpc) is 2.78. The summed E-state index contributed by atoms with van der Waals surface area (Å²) in [6.07, 6.45) is 13.4. The van der Waals surface area contributed by atoms with E-state index in [4.69, 9.17) is 19.7 Å². The second-order valence-corrected chi connectivity index (χ2v) is 8.45. The SMILES string of the molecule is CC(=CCCCCCC(=O)O)C(=O)OCCCCCCOC(=O)C(C)=CCCCCCC(=O)O. The fourth-order valence-corrected chi connectivity index (χ4v) is 3.11. The number of carboxylic acids is 2. The van der Waals surface area contributed by atoms with E-state index >= 15 is 0 Å². The van der Waals surface area contributed by atoms with Gasteiger partial charge in [0.15, 0.2) is 0 Å². The molecular formula is C26H42O8. The Labute approximate surface area is 203 Å². The summed E-state index contributed by atoms with van der Waals surface area (Å²) in [7, 11) is 0. The van der Waals surface area contributed by atoms with Crippen LogP contribution in [0.5, 0.6) is 0 Å². The van der Waals surface area contributed by atoms with Crippen LogP contribution in [-0.2, 0) is 28.7 Å². The summed E-state index contributed by atoms with van der Waals surface area (Å²) in [6, 6.07) is 0. The van der Waals surface area contributed by atoms with E-state index in [1.54, 1.807) is 13.8 Å². The Morgan fingerprint density at radius 2 is 0.912 bits per heavy atom. The Bertz CT molecular complexity index is 620. The highest BCUT2D eigenvalue weighted by atomic mass is 16.5. The van der Waals surface area contributed by atoms with Gasteiger partial charge in [0.2, 0.25) is 0 Å². The van der Waals surface area contributed by atoms with E-state index < -0.39 is 11.9 Å². The molecule has 0 aliphatic carbocycles. The first-order valence-electron chi connectivity index (χ1n) is 12.4. The Kier molecular flexibility index (Phi) is 19.3. The Hall–Kier alpha value is -2.64. The van der Waals surface area contributed by atoms with Crippen molar-refractivity contribution < 1.29 is 38.9 Å². The summed E-state index contributed by atoms with van der Waals surface area (Å²) >= 11 is 0. The maximum Gasteiger partial charge on any atom is 0.333 e. The van der Waals surface area contributed by atoms with Gasteiger partial charge in [-0.3, -0.25) is 9.59 Å². The third kappa shape index (κ3) is 20.0. The summed E-state index contributed by atoms with van der Waals surface area (Å²) in [6.45, 7) is 4.17. The molecule has 0 unspecified atom stereocenters. The number of hydrogen-bond donors (Lipinski definition) is 2. The molecule has 34 heavy (non-hydrogen) atoms. The van der Waals surface area contributed by atoms with Gasteiger partial charge in [-0.05, 0) is 78.1 Å². The molecule has 8 heteroatoms. The highest BCUT2D eigenvalue weighted by Crippen LogP contribution is 2.09. The van der Waals surface area contributed by atoms with Gasteiger partial charge in [0, 0.05) is 24.0 Å². The quantitative estimate of drug-likeness (QED) is 0.123. The number of carbonyl (C=O) groups is 4. The summed E-state index contributed by atoms with van der Waals surface area (Å²) in [5, 5.41) is 17.2. The van der Waals surface area contributed by atoms with Crippen molar-refractivity contribution in [3.8, 4) is 0 Å². The molecular weight excluding hydrogens is 440 g/mol. The van der Waals surface area contributed by atoms with E-state index in [9.17, 15) is 19.2 Å². The molecule has 0 atom stereocenters. The second kappa shape index (κ2) is 20.9. The molecule has 0 saturated carbocycles. The van der Waals surface area contributed by atoms with E-state index in [0.29, 0.717) is 37.2 Å². The third-order valence-electron chi connectivity index (χ3n) is 5.24. The van der Waals surface area contributed by atoms with Gasteiger partial charge in [-0.15, -0.1) is 0 Å². The molecule has 0 rings (SSSR count). The first-order valence-corrected chi connectivity index (χ1v) is 12.4. The molecule has 0 aliphatic rings. The highest BCUT2D eigenvalue weighted by Gasteiger charge is 2.07. The van der Waals surface area contributed by atoms with Crippen molar-refractivity contribution in [3.63, 3.8) is 0 Å². The van der Waals surface area contributed by atoms with Crippen LogP contribution in [-0.4, -0.2) is 47.3 Å². The van der Waals surface area contributed by atoms with Crippen molar-refractivity contribution in [2.45, 2.75) is 104 Å². The van der Waals surface area contributed by atoms with Crippen molar-refractivity contribution >= 4 is 23.9 Å². The highest BCUT2D eigenvalue weighted by molar-refractivity contribution is 5.88. The Balaban J connectivity index is 3.70. The Morgan fingerprint density at radius 3 is 1.26 bits per heavy atom. The number of unbranched alkanes of at least 4 members (excludes halogenated alkanes) is 9. The molecule has 0 heterocycles. The van der Waals surface area contributed by atoms with E-state index in [1.165, 1.54) is 0 Å². The largest absolute Gasteiger partial charge is 0.481 e. The second-order valence-electron chi connectivity index (χ2n) is 8.45. The van der Waals surface area contributed by atoms with Crippen LogP contribution in [0, 0.1) is 0 Å². The van der Waals surface area contributed by atoms with Crippen LogP contribution in [0.1, 0.15) is 104 Å². The number of carboxylic acid groups (broad SMARTS) is 2. The molecule has 0 saturated heterocycles. The van der Waals surface area contributed by atoms with Crippen molar-refractivity contribution in [2.24, 2.45) is 0 Å². The van der Waals surface area contributed by atoms with Crippen LogP contribution < -0.4 is 0 Å². The molecule has 0 aromatic heterocycles. The lowest BCUT2D eigenvalue weighted by molar-refractivity contribution is -0.140. The standard InChI is InChI=1S/C26H42O8/c1-21(15-9-3-5-11-17-23(27)28)25(31)33-19-13-7-8-14-20-34-26(32)22(2)16-10-4-6-12-18-24(29)30/h15-16H,3-14,17-20H2,1-2H3,(H,27,28)(H,29,30). The number of carbonyl (C=O) groups excluding carboxylic acids is 2. The van der Waals surface area contributed by atoms with Gasteiger partial charge in [-0.1, -0.05) is 25.0 Å². The first kappa shape index (κ1) is 31.4. The van der Waals surface area contributed by atoms with Gasteiger partial charge >= 0.3 is 23.9 Å². The van der Waals surface area contributed by atoms with Crippen molar-refractivity contribution in [1.29, 1.82) is 0 Å². The monoisotopic (exact) mass is 482 g/mol. The predicted molar refractivity (Wildman–Crippen MR) is 129 cm³/mol. The van der Waals surface area contributed by atoms with Gasteiger partial charge < -0.3 is 19.7 Å².